The van der Waals surface area contributed by atoms with Gasteiger partial charge in [0.25, 0.3) is 5.91 Å². The van der Waals surface area contributed by atoms with E-state index in [1.165, 1.54) is 12.1 Å². The number of halogens is 1. The molecular weight excluding hydrogens is 513 g/mol. The van der Waals surface area contributed by atoms with Crippen LogP contribution in [-0.4, -0.2) is 55.7 Å². The van der Waals surface area contributed by atoms with Crippen LogP contribution in [0.15, 0.2) is 31.1 Å². The third kappa shape index (κ3) is 5.06. The molecule has 0 spiro atoms. The number of carbonyl (C=O) groups is 2. The molecule has 3 N–H and O–H groups in total. The Morgan fingerprint density at radius 1 is 1.24 bits per heavy atom. The fourth-order valence-electron chi connectivity index (χ4n) is 4.78. The summed E-state index contributed by atoms with van der Waals surface area (Å²) in [5, 5.41) is 7.54. The highest BCUT2D eigenvalue weighted by molar-refractivity contribution is 7.59. The first kappa shape index (κ1) is 28.1. The number of hydrogen-bond donors (Lipinski definition) is 2. The lowest BCUT2D eigenvalue weighted by Gasteiger charge is -2.19. The third-order valence-electron chi connectivity index (χ3n) is 6.67. The third-order valence-corrected chi connectivity index (χ3v) is 6.67. The van der Waals surface area contributed by atoms with Gasteiger partial charge in [0.15, 0.2) is 5.69 Å². The highest BCUT2D eigenvalue weighted by atomic mass is 32.1. The van der Waals surface area contributed by atoms with Crippen molar-refractivity contribution in [3.05, 3.63) is 53.8 Å². The van der Waals surface area contributed by atoms with Gasteiger partial charge in [0.1, 0.15) is 17.2 Å². The number of fused-ring (bicyclic) bond motifs is 1. The fraction of sp³-hybridized carbons (Fsp3) is 0.360. The largest absolute Gasteiger partial charge is 0.373 e. The maximum Gasteiger partial charge on any atom is 0.255 e. The molecule has 196 valence electrons. The SMILES string of the molecule is C=CC(=O)N1C[C@@H](n2nc(C#Cc3cc4ncn(C5CC5)c4cc3F)c(C(N)=O)c2NC)C[C@@H]1C.S.S. The van der Waals surface area contributed by atoms with Crippen LogP contribution in [0.25, 0.3) is 11.0 Å². The molecule has 12 heteroatoms. The average molecular weight is 544 g/mol. The Kier molecular flexibility index (Phi) is 8.29. The Morgan fingerprint density at radius 2 is 1.97 bits per heavy atom. The summed E-state index contributed by atoms with van der Waals surface area (Å²) in [5.41, 5.74) is 7.50. The van der Waals surface area contributed by atoms with Gasteiger partial charge in [-0.2, -0.15) is 32.1 Å². The number of primary amides is 1. The number of anilines is 1. The molecule has 3 heterocycles. The Bertz CT molecular complexity index is 1430. The van der Waals surface area contributed by atoms with E-state index < -0.39 is 11.7 Å². The van der Waals surface area contributed by atoms with E-state index in [2.05, 4.69) is 33.8 Å². The topological polar surface area (TPSA) is 111 Å². The summed E-state index contributed by atoms with van der Waals surface area (Å²) in [6, 6.07) is 3.22. The molecule has 2 atom stereocenters. The van der Waals surface area contributed by atoms with Gasteiger partial charge in [0.05, 0.1) is 29.0 Å². The molecule has 37 heavy (non-hydrogen) atoms. The van der Waals surface area contributed by atoms with Crippen LogP contribution >= 0.6 is 27.0 Å². The zero-order chi connectivity index (χ0) is 24.9. The second-order valence-electron chi connectivity index (χ2n) is 9.02. The minimum Gasteiger partial charge on any atom is -0.373 e. The molecule has 0 radical (unpaired) electrons. The molecule has 1 aromatic carbocycles. The predicted molar refractivity (Wildman–Crippen MR) is 150 cm³/mol. The van der Waals surface area contributed by atoms with Crippen LogP contribution < -0.4 is 11.1 Å². The zero-order valence-electron chi connectivity index (χ0n) is 20.6. The van der Waals surface area contributed by atoms with Crippen molar-refractivity contribution in [1.29, 1.82) is 0 Å². The molecule has 1 saturated heterocycles. The van der Waals surface area contributed by atoms with Crippen LogP contribution in [0.5, 0.6) is 0 Å². The van der Waals surface area contributed by atoms with Gasteiger partial charge in [-0.05, 0) is 44.2 Å². The smallest absolute Gasteiger partial charge is 0.255 e. The van der Waals surface area contributed by atoms with E-state index in [1.54, 1.807) is 29.0 Å². The number of nitrogens with zero attached hydrogens (tertiary/aromatic N) is 5. The van der Waals surface area contributed by atoms with Gasteiger partial charge < -0.3 is 20.5 Å². The summed E-state index contributed by atoms with van der Waals surface area (Å²) >= 11 is 0. The van der Waals surface area contributed by atoms with Gasteiger partial charge in [0, 0.05) is 31.7 Å². The Labute approximate surface area is 228 Å². The highest BCUT2D eigenvalue weighted by Gasteiger charge is 2.35. The molecule has 2 aromatic heterocycles. The van der Waals surface area contributed by atoms with Crippen molar-refractivity contribution in [2.24, 2.45) is 5.73 Å². The number of hydrogen-bond acceptors (Lipinski definition) is 5. The second kappa shape index (κ2) is 10.9. The number of aromatic nitrogens is 4. The van der Waals surface area contributed by atoms with E-state index in [9.17, 15) is 14.0 Å². The lowest BCUT2D eigenvalue weighted by molar-refractivity contribution is -0.126. The van der Waals surface area contributed by atoms with Crippen LogP contribution in [-0.2, 0) is 4.79 Å². The number of imidazole rings is 1. The number of nitrogens with one attached hydrogen (secondary N) is 1. The molecule has 0 unspecified atom stereocenters. The van der Waals surface area contributed by atoms with E-state index in [0.717, 1.165) is 18.4 Å². The van der Waals surface area contributed by atoms with Crippen molar-refractivity contribution in [3.63, 3.8) is 0 Å². The molecule has 1 aliphatic carbocycles. The maximum absolute atomic E-state index is 14.9. The number of carbonyl (C=O) groups excluding carboxylic acids is 2. The Morgan fingerprint density at radius 3 is 2.59 bits per heavy atom. The molecule has 2 fully saturated rings. The van der Waals surface area contributed by atoms with Gasteiger partial charge in [-0.3, -0.25) is 9.59 Å². The predicted octanol–water partition coefficient (Wildman–Crippen LogP) is 2.82. The van der Waals surface area contributed by atoms with Crippen molar-refractivity contribution < 1.29 is 14.0 Å². The normalized spacial score (nSPS) is 18.4. The molecule has 1 aliphatic heterocycles. The van der Waals surface area contributed by atoms with E-state index >= 15 is 0 Å². The number of rotatable bonds is 5. The zero-order valence-corrected chi connectivity index (χ0v) is 22.6. The summed E-state index contributed by atoms with van der Waals surface area (Å²) in [4.78, 5) is 30.6. The molecule has 3 aromatic rings. The quantitative estimate of drug-likeness (QED) is 0.380. The van der Waals surface area contributed by atoms with E-state index in [-0.39, 0.29) is 61.8 Å². The van der Waals surface area contributed by atoms with Crippen molar-refractivity contribution in [1.82, 2.24) is 24.2 Å². The van der Waals surface area contributed by atoms with Crippen molar-refractivity contribution >= 4 is 55.7 Å². The molecule has 0 bridgehead atoms. The molecule has 1 saturated carbocycles. The molecule has 2 amide bonds. The number of nitrogens with two attached hydrogens (primary N) is 1. The minimum absolute atomic E-state index is 0. The van der Waals surface area contributed by atoms with Gasteiger partial charge in [-0.25, -0.2) is 14.1 Å². The number of likely N-dealkylation sites (tertiary alicyclic amines) is 1. The van der Waals surface area contributed by atoms with Gasteiger partial charge >= 0.3 is 0 Å². The molecule has 2 aliphatic rings. The standard InChI is InChI=1S/C25H26FN7O2.2H2S/c1-4-22(34)31-12-17(9-14(31)2)33-25(28-3)23(24(27)35)19(30-33)8-5-15-10-20-21(11-18(15)26)32(13-29-20)16-6-7-16;;/h4,10-11,13-14,16-17,28H,1,6-7,9,12H2,2-3H3,(H2,27,35);2*1H2/t14-,17-;;/m0../s1. The lowest BCUT2D eigenvalue weighted by atomic mass is 10.1. The second-order valence-corrected chi connectivity index (χ2v) is 9.02. The maximum atomic E-state index is 14.9. The summed E-state index contributed by atoms with van der Waals surface area (Å²) in [6.07, 6.45) is 5.79. The molecular formula is C25H30FN7O2S2. The van der Waals surface area contributed by atoms with Crippen LogP contribution in [0, 0.1) is 17.7 Å². The summed E-state index contributed by atoms with van der Waals surface area (Å²) in [5.74, 6) is 4.72. The Balaban J connectivity index is 0.00000190. The van der Waals surface area contributed by atoms with E-state index in [1.807, 2.05) is 11.5 Å². The lowest BCUT2D eigenvalue weighted by Crippen LogP contribution is -2.32. The molecule has 5 rings (SSSR count). The first-order chi connectivity index (χ1) is 16.8. The van der Waals surface area contributed by atoms with Crippen molar-refractivity contribution in [3.8, 4) is 11.8 Å². The summed E-state index contributed by atoms with van der Waals surface area (Å²) in [6.45, 7) is 5.92. The summed E-state index contributed by atoms with van der Waals surface area (Å²) < 4.78 is 18.5. The minimum atomic E-state index is -0.700. The molecule has 9 nitrogen and oxygen atoms in total. The van der Waals surface area contributed by atoms with E-state index in [4.69, 9.17) is 5.73 Å². The summed E-state index contributed by atoms with van der Waals surface area (Å²) in [7, 11) is 1.66. The monoisotopic (exact) mass is 543 g/mol. The van der Waals surface area contributed by atoms with Crippen molar-refractivity contribution in [2.75, 3.05) is 18.9 Å². The number of benzene rings is 1. The highest BCUT2D eigenvalue weighted by Crippen LogP contribution is 2.37. The average Bonchev–Trinajstić information content (AvgIpc) is 3.31. The first-order valence-corrected chi connectivity index (χ1v) is 11.5. The van der Waals surface area contributed by atoms with Crippen LogP contribution in [0.2, 0.25) is 0 Å². The van der Waals surface area contributed by atoms with Gasteiger partial charge in [0.2, 0.25) is 5.91 Å². The van der Waals surface area contributed by atoms with Gasteiger partial charge in [-0.1, -0.05) is 12.5 Å². The Hall–Kier alpha value is -3.43. The van der Waals surface area contributed by atoms with Crippen LogP contribution in [0.3, 0.4) is 0 Å². The van der Waals surface area contributed by atoms with Crippen LogP contribution in [0.4, 0.5) is 10.2 Å². The first-order valence-electron chi connectivity index (χ1n) is 11.5. The van der Waals surface area contributed by atoms with Crippen molar-refractivity contribution in [2.45, 2.75) is 44.3 Å². The van der Waals surface area contributed by atoms with Gasteiger partial charge in [-0.15, -0.1) is 0 Å². The number of amides is 2. The fourth-order valence-corrected chi connectivity index (χ4v) is 4.78. The van der Waals surface area contributed by atoms with E-state index in [0.29, 0.717) is 30.3 Å². The van der Waals surface area contributed by atoms with Crippen LogP contribution in [0.1, 0.15) is 59.9 Å².